The summed E-state index contributed by atoms with van der Waals surface area (Å²) in [4.78, 5) is 34.5. The van der Waals surface area contributed by atoms with Gasteiger partial charge in [0.2, 0.25) is 11.9 Å². The van der Waals surface area contributed by atoms with Crippen LogP contribution in [0.5, 0.6) is 11.5 Å². The highest BCUT2D eigenvalue weighted by Gasteiger charge is 2.35. The Balaban J connectivity index is 0.00000181. The van der Waals surface area contributed by atoms with Gasteiger partial charge in [-0.15, -0.1) is 0 Å². The van der Waals surface area contributed by atoms with Crippen LogP contribution in [-0.2, 0) is 16.1 Å². The van der Waals surface area contributed by atoms with Crippen molar-refractivity contribution >= 4 is 23.8 Å². The monoisotopic (exact) mass is 548 g/mol. The van der Waals surface area contributed by atoms with Crippen molar-refractivity contribution in [2.45, 2.75) is 77.5 Å². The number of rotatable bonds is 6. The molecule has 3 N–H and O–H groups in total. The van der Waals surface area contributed by atoms with E-state index >= 15 is 0 Å². The fourth-order valence-corrected chi connectivity index (χ4v) is 5.15. The number of benzene rings is 2. The molecule has 2 amide bonds. The number of hydroxylamine groups is 1. The van der Waals surface area contributed by atoms with Crippen molar-refractivity contribution in [1.82, 2.24) is 16.1 Å². The van der Waals surface area contributed by atoms with E-state index in [-0.39, 0.29) is 23.9 Å². The Morgan fingerprint density at radius 3 is 2.80 bits per heavy atom. The van der Waals surface area contributed by atoms with Crippen molar-refractivity contribution in [2.75, 3.05) is 13.7 Å². The van der Waals surface area contributed by atoms with E-state index in [0.29, 0.717) is 30.8 Å². The number of amides is 2. The molecule has 9 nitrogen and oxygen atoms in total. The summed E-state index contributed by atoms with van der Waals surface area (Å²) in [5.41, 5.74) is 5.81. The quantitative estimate of drug-likeness (QED) is 0.445. The molecule has 3 heterocycles. The summed E-state index contributed by atoms with van der Waals surface area (Å²) < 4.78 is 11.9. The van der Waals surface area contributed by atoms with Gasteiger partial charge in [-0.3, -0.25) is 19.7 Å². The van der Waals surface area contributed by atoms with Crippen LogP contribution in [0, 0.1) is 0 Å². The summed E-state index contributed by atoms with van der Waals surface area (Å²) in [5, 5.41) is 5.89. The fourth-order valence-electron chi connectivity index (χ4n) is 5.15. The minimum Gasteiger partial charge on any atom is -0.493 e. The molecule has 40 heavy (non-hydrogen) atoms. The average molecular weight is 549 g/mol. The number of aryl methyl sites for hydroxylation is 1. The molecule has 2 aromatic rings. The Morgan fingerprint density at radius 1 is 1.20 bits per heavy atom. The van der Waals surface area contributed by atoms with Crippen LogP contribution < -0.4 is 25.6 Å². The van der Waals surface area contributed by atoms with E-state index < -0.39 is 5.60 Å². The molecule has 0 saturated carbocycles. The summed E-state index contributed by atoms with van der Waals surface area (Å²) >= 11 is 0. The molecular formula is C31H40N4O5. The summed E-state index contributed by atoms with van der Waals surface area (Å²) in [5.74, 6) is 1.75. The average Bonchev–Trinajstić information content (AvgIpc) is 2.93. The van der Waals surface area contributed by atoms with Gasteiger partial charge in [0.15, 0.2) is 0 Å². The lowest BCUT2D eigenvalue weighted by atomic mass is 9.88. The van der Waals surface area contributed by atoms with Crippen LogP contribution in [-0.4, -0.2) is 43.1 Å². The van der Waals surface area contributed by atoms with Gasteiger partial charge in [0.1, 0.15) is 17.1 Å². The van der Waals surface area contributed by atoms with E-state index in [0.717, 1.165) is 47.6 Å². The lowest BCUT2D eigenvalue weighted by Gasteiger charge is -2.38. The van der Waals surface area contributed by atoms with Gasteiger partial charge in [-0.1, -0.05) is 32.1 Å². The van der Waals surface area contributed by atoms with Crippen molar-refractivity contribution in [1.29, 1.82) is 0 Å². The van der Waals surface area contributed by atoms with Crippen molar-refractivity contribution in [3.63, 3.8) is 0 Å². The van der Waals surface area contributed by atoms with E-state index in [2.05, 4.69) is 27.2 Å². The van der Waals surface area contributed by atoms with Crippen molar-refractivity contribution in [3.8, 4) is 11.5 Å². The third-order valence-corrected chi connectivity index (χ3v) is 6.87. The van der Waals surface area contributed by atoms with Crippen molar-refractivity contribution in [2.24, 2.45) is 4.99 Å². The second kappa shape index (κ2) is 13.0. The Morgan fingerprint density at radius 2 is 2.00 bits per heavy atom. The molecule has 0 radical (unpaired) electrons. The first-order chi connectivity index (χ1) is 19.3. The molecule has 214 valence electrons. The Labute approximate surface area is 236 Å². The highest BCUT2D eigenvalue weighted by atomic mass is 16.6. The minimum absolute atomic E-state index is 0.100. The maximum Gasteiger partial charge on any atom is 0.251 e. The van der Waals surface area contributed by atoms with Crippen LogP contribution in [0.1, 0.15) is 86.5 Å². The third kappa shape index (κ3) is 7.21. The van der Waals surface area contributed by atoms with E-state index in [4.69, 9.17) is 14.3 Å². The Kier molecular flexibility index (Phi) is 9.47. The topological polar surface area (TPSA) is 110 Å². The van der Waals surface area contributed by atoms with Gasteiger partial charge in [0.05, 0.1) is 25.8 Å². The van der Waals surface area contributed by atoms with Gasteiger partial charge in [-0.2, -0.15) is 0 Å². The number of nitrogens with one attached hydrogen (secondary N) is 3. The van der Waals surface area contributed by atoms with Gasteiger partial charge in [0.25, 0.3) is 5.91 Å². The fraction of sp³-hybridized carbons (Fsp3) is 0.452. The van der Waals surface area contributed by atoms with Crippen LogP contribution in [0.25, 0.3) is 6.08 Å². The number of aliphatic imine (C=N–C) groups is 1. The first-order valence-corrected chi connectivity index (χ1v) is 14.0. The lowest BCUT2D eigenvalue weighted by Crippen LogP contribution is -2.45. The van der Waals surface area contributed by atoms with Crippen molar-refractivity contribution < 1.29 is 23.9 Å². The molecule has 2 unspecified atom stereocenters. The minimum atomic E-state index is -0.417. The molecule has 2 atom stereocenters. The molecule has 3 aliphatic rings. The second-order valence-electron chi connectivity index (χ2n) is 10.5. The van der Waals surface area contributed by atoms with Gasteiger partial charge in [-0.05, 0) is 74.6 Å². The van der Waals surface area contributed by atoms with E-state index in [9.17, 15) is 9.59 Å². The van der Waals surface area contributed by atoms with E-state index in [1.165, 1.54) is 7.11 Å². The van der Waals surface area contributed by atoms with Gasteiger partial charge < -0.3 is 14.8 Å². The zero-order valence-electron chi connectivity index (χ0n) is 24.0. The zero-order chi connectivity index (χ0) is 28.7. The molecule has 2 aromatic carbocycles. The van der Waals surface area contributed by atoms with Crippen LogP contribution in [0.4, 0.5) is 0 Å². The molecule has 0 saturated heterocycles. The number of carbonyl (C=O) groups is 2. The second-order valence-corrected chi connectivity index (χ2v) is 10.5. The molecule has 3 aliphatic heterocycles. The number of carbonyl (C=O) groups excluding carboxylic acids is 2. The van der Waals surface area contributed by atoms with Crippen LogP contribution in [0.15, 0.2) is 47.5 Å². The standard InChI is InChI=1S/C29H34N4O5.C2H6/c1-29(2)17-23(31-27(35)20-10-12-24-19(15-20)7-5-13-37-24)22-14-18(9-11-25(22)38-29)6-4-8-21-16-26(34)32-28(30-21)33-36-3;1-2/h4,6,9-12,14-15,21,23H,5,7-8,13,16-17H2,1-3H3,(H,31,35)(H2,30,32,33,34);1-2H3/b6-4+;. The summed E-state index contributed by atoms with van der Waals surface area (Å²) in [6, 6.07) is 11.3. The first kappa shape index (κ1) is 29.1. The maximum atomic E-state index is 13.3. The largest absolute Gasteiger partial charge is 0.493 e. The highest BCUT2D eigenvalue weighted by Crippen LogP contribution is 2.40. The molecule has 0 aromatic heterocycles. The highest BCUT2D eigenvalue weighted by molar-refractivity contribution is 5.98. The van der Waals surface area contributed by atoms with Gasteiger partial charge in [-0.25, -0.2) is 10.5 Å². The SMILES string of the molecule is CC.CONC1=NC(C/C=C/c2ccc3c(c2)C(NC(=O)c2ccc4c(c2)CCCO4)CC(C)(C)O3)CC(=O)N1. The van der Waals surface area contributed by atoms with E-state index in [1.54, 1.807) is 0 Å². The molecule has 0 fully saturated rings. The third-order valence-electron chi connectivity index (χ3n) is 6.87. The number of hydrogen-bond donors (Lipinski definition) is 3. The Bertz CT molecular complexity index is 1290. The first-order valence-electron chi connectivity index (χ1n) is 14.0. The number of guanidine groups is 1. The zero-order valence-corrected chi connectivity index (χ0v) is 24.0. The molecule has 9 heteroatoms. The summed E-state index contributed by atoms with van der Waals surface area (Å²) in [7, 11) is 1.47. The van der Waals surface area contributed by atoms with Gasteiger partial charge >= 0.3 is 0 Å². The maximum absolute atomic E-state index is 13.3. The lowest BCUT2D eigenvalue weighted by molar-refractivity contribution is -0.120. The number of nitrogens with zero attached hydrogens (tertiary/aromatic N) is 1. The smallest absolute Gasteiger partial charge is 0.251 e. The summed E-state index contributed by atoms with van der Waals surface area (Å²) in [6.45, 7) is 8.79. The van der Waals surface area contributed by atoms with Gasteiger partial charge in [0, 0.05) is 24.0 Å². The van der Waals surface area contributed by atoms with Crippen molar-refractivity contribution in [3.05, 3.63) is 64.7 Å². The molecule has 5 rings (SSSR count). The van der Waals surface area contributed by atoms with Crippen LogP contribution in [0.2, 0.25) is 0 Å². The van der Waals surface area contributed by atoms with Crippen LogP contribution >= 0.6 is 0 Å². The Hall–Kier alpha value is -3.85. The normalized spacial score (nSPS) is 20.8. The molecular weight excluding hydrogens is 508 g/mol. The number of fused-ring (bicyclic) bond motifs is 2. The number of hydrogen-bond acceptors (Lipinski definition) is 7. The molecule has 0 bridgehead atoms. The predicted molar refractivity (Wildman–Crippen MR) is 155 cm³/mol. The molecule has 0 spiro atoms. The number of ether oxygens (including phenoxy) is 2. The van der Waals surface area contributed by atoms with Crippen LogP contribution in [0.3, 0.4) is 0 Å². The predicted octanol–water partition coefficient (Wildman–Crippen LogP) is 4.87. The van der Waals surface area contributed by atoms with E-state index in [1.807, 2.05) is 70.2 Å². The summed E-state index contributed by atoms with van der Waals surface area (Å²) in [6.07, 6.45) is 7.46. The molecule has 0 aliphatic carbocycles.